The van der Waals surface area contributed by atoms with Gasteiger partial charge in [-0.25, -0.2) is 4.39 Å². The number of amides is 1. The first-order valence-electron chi connectivity index (χ1n) is 6.60. The van der Waals surface area contributed by atoms with E-state index in [4.69, 9.17) is 17.3 Å². The van der Waals surface area contributed by atoms with E-state index >= 15 is 0 Å². The molecule has 0 aliphatic heterocycles. The Balaban J connectivity index is 2.25. The zero-order chi connectivity index (χ0) is 15.2. The molecule has 0 atom stereocenters. The van der Waals surface area contributed by atoms with Gasteiger partial charge in [0.15, 0.2) is 5.82 Å². The molecule has 0 aliphatic rings. The van der Waals surface area contributed by atoms with Crippen LogP contribution in [0.5, 0.6) is 0 Å². The van der Waals surface area contributed by atoms with E-state index in [0.29, 0.717) is 19.6 Å². The molecule has 2 aromatic rings. The van der Waals surface area contributed by atoms with Crippen LogP contribution in [0.1, 0.15) is 15.9 Å². The second-order valence-electron chi connectivity index (χ2n) is 4.60. The molecule has 110 valence electrons. The molecule has 0 bridgehead atoms. The number of nitrogens with two attached hydrogens (primary N) is 1. The van der Waals surface area contributed by atoms with Gasteiger partial charge in [-0.2, -0.15) is 0 Å². The zero-order valence-electron chi connectivity index (χ0n) is 11.4. The first-order chi connectivity index (χ1) is 10.1. The molecule has 0 spiro atoms. The highest BCUT2D eigenvalue weighted by atomic mass is 35.5. The highest BCUT2D eigenvalue weighted by Gasteiger charge is 2.20. The standard InChI is InChI=1S/C16H16ClFN2O/c17-14-8-4-7-13(15(14)18)16(21)20(10-9-19)11-12-5-2-1-3-6-12/h1-8H,9-11,19H2. The lowest BCUT2D eigenvalue weighted by Crippen LogP contribution is -2.35. The van der Waals surface area contributed by atoms with Gasteiger partial charge >= 0.3 is 0 Å². The molecular weight excluding hydrogens is 291 g/mol. The Morgan fingerprint density at radius 2 is 1.86 bits per heavy atom. The van der Waals surface area contributed by atoms with Gasteiger partial charge in [0.05, 0.1) is 10.6 Å². The molecule has 1 amide bonds. The van der Waals surface area contributed by atoms with E-state index in [0.717, 1.165) is 5.56 Å². The summed E-state index contributed by atoms with van der Waals surface area (Å²) in [5.74, 6) is -1.11. The Labute approximate surface area is 128 Å². The fourth-order valence-corrected chi connectivity index (χ4v) is 2.23. The molecule has 5 heteroatoms. The molecule has 0 heterocycles. The number of carbonyl (C=O) groups is 1. The van der Waals surface area contributed by atoms with Gasteiger partial charge in [-0.1, -0.05) is 48.0 Å². The first kappa shape index (κ1) is 15.5. The van der Waals surface area contributed by atoms with Crippen molar-refractivity contribution in [2.75, 3.05) is 13.1 Å². The summed E-state index contributed by atoms with van der Waals surface area (Å²) in [6.07, 6.45) is 0. The van der Waals surface area contributed by atoms with Gasteiger partial charge < -0.3 is 10.6 Å². The van der Waals surface area contributed by atoms with Crippen molar-refractivity contribution < 1.29 is 9.18 Å². The lowest BCUT2D eigenvalue weighted by atomic mass is 10.1. The first-order valence-corrected chi connectivity index (χ1v) is 6.98. The van der Waals surface area contributed by atoms with Crippen molar-refractivity contribution in [3.63, 3.8) is 0 Å². The molecule has 0 fully saturated rings. The predicted molar refractivity (Wildman–Crippen MR) is 81.6 cm³/mol. The number of carbonyl (C=O) groups excluding carboxylic acids is 1. The summed E-state index contributed by atoms with van der Waals surface area (Å²) in [6, 6.07) is 13.9. The number of hydrogen-bond donors (Lipinski definition) is 1. The van der Waals surface area contributed by atoms with Gasteiger partial charge in [-0.05, 0) is 17.7 Å². The van der Waals surface area contributed by atoms with Crippen molar-refractivity contribution in [3.05, 3.63) is 70.5 Å². The Hall–Kier alpha value is -1.91. The minimum absolute atomic E-state index is 0.0353. The van der Waals surface area contributed by atoms with Crippen molar-refractivity contribution in [1.82, 2.24) is 4.90 Å². The molecule has 2 N–H and O–H groups in total. The summed E-state index contributed by atoms with van der Waals surface area (Å²) in [5.41, 5.74) is 6.48. The SMILES string of the molecule is NCCN(Cc1ccccc1)C(=O)c1cccc(Cl)c1F. The normalized spacial score (nSPS) is 10.4. The quantitative estimate of drug-likeness (QED) is 0.922. The Morgan fingerprint density at radius 1 is 1.14 bits per heavy atom. The van der Waals surface area contributed by atoms with Gasteiger partial charge in [0.2, 0.25) is 0 Å². The van der Waals surface area contributed by atoms with Crippen LogP contribution in [0.4, 0.5) is 4.39 Å². The number of nitrogens with zero attached hydrogens (tertiary/aromatic N) is 1. The van der Waals surface area contributed by atoms with Gasteiger partial charge in [0, 0.05) is 19.6 Å². The van der Waals surface area contributed by atoms with Crippen LogP contribution in [0, 0.1) is 5.82 Å². The maximum Gasteiger partial charge on any atom is 0.257 e. The van der Waals surface area contributed by atoms with Crippen molar-refractivity contribution in [3.8, 4) is 0 Å². The van der Waals surface area contributed by atoms with E-state index in [1.807, 2.05) is 30.3 Å². The molecule has 0 aliphatic carbocycles. The van der Waals surface area contributed by atoms with E-state index < -0.39 is 11.7 Å². The molecule has 0 unspecified atom stereocenters. The topological polar surface area (TPSA) is 46.3 Å². The van der Waals surface area contributed by atoms with Crippen LogP contribution in [0.15, 0.2) is 48.5 Å². The number of hydrogen-bond acceptors (Lipinski definition) is 2. The average Bonchev–Trinajstić information content (AvgIpc) is 2.50. The van der Waals surface area contributed by atoms with Crippen molar-refractivity contribution in [2.45, 2.75) is 6.54 Å². The molecular formula is C16H16ClFN2O. The van der Waals surface area contributed by atoms with Crippen LogP contribution in [0.2, 0.25) is 5.02 Å². The monoisotopic (exact) mass is 306 g/mol. The molecule has 3 nitrogen and oxygen atoms in total. The molecule has 2 aromatic carbocycles. The van der Waals surface area contributed by atoms with Gasteiger partial charge in [0.25, 0.3) is 5.91 Å². The van der Waals surface area contributed by atoms with E-state index in [1.165, 1.54) is 17.0 Å². The number of halogens is 2. The minimum atomic E-state index is -0.695. The molecule has 2 rings (SSSR count). The maximum atomic E-state index is 14.0. The fourth-order valence-electron chi connectivity index (χ4n) is 2.05. The van der Waals surface area contributed by atoms with Gasteiger partial charge in [-0.15, -0.1) is 0 Å². The van der Waals surface area contributed by atoms with Crippen LogP contribution in [-0.2, 0) is 6.54 Å². The smallest absolute Gasteiger partial charge is 0.257 e. The van der Waals surface area contributed by atoms with Crippen LogP contribution < -0.4 is 5.73 Å². The van der Waals surface area contributed by atoms with Crippen LogP contribution in [0.25, 0.3) is 0 Å². The largest absolute Gasteiger partial charge is 0.333 e. The summed E-state index contributed by atoms with van der Waals surface area (Å²) >= 11 is 5.73. The summed E-state index contributed by atoms with van der Waals surface area (Å²) in [7, 11) is 0. The number of benzene rings is 2. The van der Waals surface area contributed by atoms with Crippen LogP contribution in [0.3, 0.4) is 0 Å². The van der Waals surface area contributed by atoms with Crippen LogP contribution >= 0.6 is 11.6 Å². The minimum Gasteiger partial charge on any atom is -0.333 e. The second kappa shape index (κ2) is 7.20. The number of rotatable bonds is 5. The third-order valence-electron chi connectivity index (χ3n) is 3.08. The van der Waals surface area contributed by atoms with Crippen LogP contribution in [-0.4, -0.2) is 23.9 Å². The van der Waals surface area contributed by atoms with Gasteiger partial charge in [-0.3, -0.25) is 4.79 Å². The summed E-state index contributed by atoms with van der Waals surface area (Å²) in [6.45, 7) is 1.03. The zero-order valence-corrected chi connectivity index (χ0v) is 12.2. The van der Waals surface area contributed by atoms with Crippen molar-refractivity contribution in [1.29, 1.82) is 0 Å². The summed E-state index contributed by atoms with van der Waals surface area (Å²) in [5, 5.41) is -0.0618. The second-order valence-corrected chi connectivity index (χ2v) is 5.01. The van der Waals surface area contributed by atoms with Crippen molar-refractivity contribution >= 4 is 17.5 Å². The lowest BCUT2D eigenvalue weighted by Gasteiger charge is -2.22. The third kappa shape index (κ3) is 3.80. The molecule has 21 heavy (non-hydrogen) atoms. The van der Waals surface area contributed by atoms with E-state index in [2.05, 4.69) is 0 Å². The Kier molecular flexibility index (Phi) is 5.31. The molecule has 0 saturated carbocycles. The highest BCUT2D eigenvalue weighted by molar-refractivity contribution is 6.31. The average molecular weight is 307 g/mol. The summed E-state index contributed by atoms with van der Waals surface area (Å²) < 4.78 is 14.0. The Morgan fingerprint density at radius 3 is 2.52 bits per heavy atom. The molecule has 0 aromatic heterocycles. The predicted octanol–water partition coefficient (Wildman–Crippen LogP) is 3.08. The molecule has 0 radical (unpaired) electrons. The highest BCUT2D eigenvalue weighted by Crippen LogP contribution is 2.20. The maximum absolute atomic E-state index is 14.0. The van der Waals surface area contributed by atoms with E-state index in [-0.39, 0.29) is 10.6 Å². The molecule has 0 saturated heterocycles. The summed E-state index contributed by atoms with van der Waals surface area (Å²) in [4.78, 5) is 14.0. The van der Waals surface area contributed by atoms with E-state index in [9.17, 15) is 9.18 Å². The van der Waals surface area contributed by atoms with Gasteiger partial charge in [0.1, 0.15) is 0 Å². The fraction of sp³-hybridized carbons (Fsp3) is 0.188. The Bertz CT molecular complexity index is 619. The lowest BCUT2D eigenvalue weighted by molar-refractivity contribution is 0.0743. The third-order valence-corrected chi connectivity index (χ3v) is 3.38. The van der Waals surface area contributed by atoms with E-state index in [1.54, 1.807) is 6.07 Å². The van der Waals surface area contributed by atoms with Crippen molar-refractivity contribution in [2.24, 2.45) is 5.73 Å².